The molecule has 1 saturated heterocycles. The van der Waals surface area contributed by atoms with Crippen LogP contribution in [0.1, 0.15) is 23.2 Å². The molecule has 26 heavy (non-hydrogen) atoms. The van der Waals surface area contributed by atoms with Crippen LogP contribution in [0.2, 0.25) is 10.0 Å². The lowest BCUT2D eigenvalue weighted by Gasteiger charge is -2.31. The lowest BCUT2D eigenvalue weighted by molar-refractivity contribution is -0.121. The molecule has 1 aliphatic rings. The summed E-state index contributed by atoms with van der Waals surface area (Å²) in [5, 5.41) is 3.54. The van der Waals surface area contributed by atoms with Crippen molar-refractivity contribution in [3.63, 3.8) is 0 Å². The normalized spacial score (nSPS) is 15.0. The number of carbonyl (C=O) groups is 2. The van der Waals surface area contributed by atoms with Gasteiger partial charge < -0.3 is 10.2 Å². The highest BCUT2D eigenvalue weighted by molar-refractivity contribution is 6.33. The predicted octanol–water partition coefficient (Wildman–Crippen LogP) is 4.62. The van der Waals surface area contributed by atoms with Gasteiger partial charge >= 0.3 is 0 Å². The van der Waals surface area contributed by atoms with Crippen molar-refractivity contribution in [3.8, 4) is 0 Å². The van der Waals surface area contributed by atoms with E-state index in [1.54, 1.807) is 24.3 Å². The Hall–Kier alpha value is -2.11. The highest BCUT2D eigenvalue weighted by atomic mass is 35.5. The zero-order chi connectivity index (χ0) is 18.7. The van der Waals surface area contributed by atoms with Crippen molar-refractivity contribution < 1.29 is 14.0 Å². The van der Waals surface area contributed by atoms with Crippen LogP contribution in [-0.2, 0) is 4.79 Å². The van der Waals surface area contributed by atoms with Gasteiger partial charge in [-0.1, -0.05) is 29.3 Å². The smallest absolute Gasteiger partial charge is 0.258 e. The van der Waals surface area contributed by atoms with Gasteiger partial charge in [0.2, 0.25) is 5.91 Å². The van der Waals surface area contributed by atoms with Crippen molar-refractivity contribution in [1.29, 1.82) is 0 Å². The van der Waals surface area contributed by atoms with Crippen molar-refractivity contribution in [2.75, 3.05) is 18.4 Å². The van der Waals surface area contributed by atoms with E-state index in [-0.39, 0.29) is 22.4 Å². The molecule has 0 aliphatic carbocycles. The van der Waals surface area contributed by atoms with Crippen molar-refractivity contribution in [2.24, 2.45) is 5.92 Å². The number of hydrogen-bond donors (Lipinski definition) is 1. The molecule has 7 heteroatoms. The summed E-state index contributed by atoms with van der Waals surface area (Å²) < 4.78 is 13.9. The van der Waals surface area contributed by atoms with E-state index < -0.39 is 11.7 Å². The summed E-state index contributed by atoms with van der Waals surface area (Å²) in [4.78, 5) is 26.4. The average molecular weight is 395 g/mol. The van der Waals surface area contributed by atoms with Gasteiger partial charge in [-0.15, -0.1) is 0 Å². The summed E-state index contributed by atoms with van der Waals surface area (Å²) in [6, 6.07) is 11.0. The number of hydrogen-bond acceptors (Lipinski definition) is 2. The zero-order valence-electron chi connectivity index (χ0n) is 13.8. The summed E-state index contributed by atoms with van der Waals surface area (Å²) in [6.07, 6.45) is 1.02. The maximum atomic E-state index is 13.9. The van der Waals surface area contributed by atoms with Gasteiger partial charge in [0, 0.05) is 29.7 Å². The maximum absolute atomic E-state index is 13.9. The Balaban J connectivity index is 1.59. The summed E-state index contributed by atoms with van der Waals surface area (Å²) in [7, 11) is 0. The molecule has 1 heterocycles. The molecule has 1 fully saturated rings. The topological polar surface area (TPSA) is 49.4 Å². The standard InChI is InChI=1S/C19H17Cl2FN2O2/c20-13-4-6-14(7-5-13)23-18(25)12-8-10-24(11-9-12)19(26)17-15(21)2-1-3-16(17)22/h1-7,12H,8-11H2,(H,23,25). The molecule has 0 saturated carbocycles. The SMILES string of the molecule is O=C(Nc1ccc(Cl)cc1)C1CCN(C(=O)c2c(F)cccc2Cl)CC1. The van der Waals surface area contributed by atoms with Gasteiger partial charge in [0.1, 0.15) is 5.82 Å². The zero-order valence-corrected chi connectivity index (χ0v) is 15.4. The van der Waals surface area contributed by atoms with Gasteiger partial charge in [-0.05, 0) is 49.2 Å². The quantitative estimate of drug-likeness (QED) is 0.825. The highest BCUT2D eigenvalue weighted by Crippen LogP contribution is 2.25. The van der Waals surface area contributed by atoms with E-state index in [1.807, 2.05) is 0 Å². The number of likely N-dealkylation sites (tertiary alicyclic amines) is 1. The Labute approximate surface area is 160 Å². The van der Waals surface area contributed by atoms with Gasteiger partial charge in [-0.25, -0.2) is 4.39 Å². The third-order valence-electron chi connectivity index (χ3n) is 4.44. The summed E-state index contributed by atoms with van der Waals surface area (Å²) in [5.74, 6) is -1.37. The van der Waals surface area contributed by atoms with Crippen LogP contribution >= 0.6 is 23.2 Å². The molecular weight excluding hydrogens is 378 g/mol. The predicted molar refractivity (Wildman–Crippen MR) is 100 cm³/mol. The number of anilines is 1. The second kappa shape index (κ2) is 8.06. The fourth-order valence-corrected chi connectivity index (χ4v) is 3.35. The van der Waals surface area contributed by atoms with E-state index in [1.165, 1.54) is 23.1 Å². The van der Waals surface area contributed by atoms with Crippen LogP contribution in [0.15, 0.2) is 42.5 Å². The first-order valence-corrected chi connectivity index (χ1v) is 9.01. The lowest BCUT2D eigenvalue weighted by atomic mass is 9.95. The summed E-state index contributed by atoms with van der Waals surface area (Å²) in [5.41, 5.74) is 0.564. The molecule has 136 valence electrons. The first-order chi connectivity index (χ1) is 12.5. The molecule has 2 amide bonds. The van der Waals surface area contributed by atoms with Gasteiger partial charge in [0.15, 0.2) is 0 Å². The van der Waals surface area contributed by atoms with Crippen LogP contribution in [0.4, 0.5) is 10.1 Å². The molecule has 0 aromatic heterocycles. The maximum Gasteiger partial charge on any atom is 0.258 e. The molecule has 1 aliphatic heterocycles. The largest absolute Gasteiger partial charge is 0.338 e. The average Bonchev–Trinajstić information content (AvgIpc) is 2.63. The molecule has 0 unspecified atom stereocenters. The Kier molecular flexibility index (Phi) is 5.79. The van der Waals surface area contributed by atoms with Crippen molar-refractivity contribution in [3.05, 3.63) is 63.9 Å². The molecule has 0 bridgehead atoms. The van der Waals surface area contributed by atoms with Crippen LogP contribution < -0.4 is 5.32 Å². The Morgan fingerprint density at radius 2 is 1.69 bits per heavy atom. The van der Waals surface area contributed by atoms with Crippen molar-refractivity contribution >= 4 is 40.7 Å². The Morgan fingerprint density at radius 3 is 2.31 bits per heavy atom. The molecule has 2 aromatic carbocycles. The molecule has 2 aromatic rings. The monoisotopic (exact) mass is 394 g/mol. The number of benzene rings is 2. The first-order valence-electron chi connectivity index (χ1n) is 8.25. The second-order valence-electron chi connectivity index (χ2n) is 6.16. The van der Waals surface area contributed by atoms with E-state index in [4.69, 9.17) is 23.2 Å². The second-order valence-corrected chi connectivity index (χ2v) is 7.00. The van der Waals surface area contributed by atoms with Crippen molar-refractivity contribution in [1.82, 2.24) is 4.90 Å². The molecular formula is C19H17Cl2FN2O2. The van der Waals surface area contributed by atoms with Crippen LogP contribution in [0.25, 0.3) is 0 Å². The molecule has 0 atom stereocenters. The number of carbonyl (C=O) groups excluding carboxylic acids is 2. The van der Waals surface area contributed by atoms with Gasteiger partial charge in [0.25, 0.3) is 5.91 Å². The Morgan fingerprint density at radius 1 is 1.04 bits per heavy atom. The minimum atomic E-state index is -0.634. The van der Waals surface area contributed by atoms with Crippen LogP contribution in [0.5, 0.6) is 0 Å². The van der Waals surface area contributed by atoms with E-state index in [9.17, 15) is 14.0 Å². The lowest BCUT2D eigenvalue weighted by Crippen LogP contribution is -2.41. The van der Waals surface area contributed by atoms with Crippen molar-refractivity contribution in [2.45, 2.75) is 12.8 Å². The van der Waals surface area contributed by atoms with Crippen LogP contribution in [0.3, 0.4) is 0 Å². The van der Waals surface area contributed by atoms with E-state index in [0.717, 1.165) is 0 Å². The Bertz CT molecular complexity index is 799. The van der Waals surface area contributed by atoms with Gasteiger partial charge in [-0.3, -0.25) is 9.59 Å². The van der Waals surface area contributed by atoms with Gasteiger partial charge in [0.05, 0.1) is 10.6 Å². The minimum absolute atomic E-state index is 0.0941. The summed E-state index contributed by atoms with van der Waals surface area (Å²) >= 11 is 11.8. The molecule has 0 spiro atoms. The number of amides is 2. The fourth-order valence-electron chi connectivity index (χ4n) is 2.98. The van der Waals surface area contributed by atoms with Crippen LogP contribution in [0, 0.1) is 11.7 Å². The third-order valence-corrected chi connectivity index (χ3v) is 5.01. The third kappa shape index (κ3) is 4.17. The molecule has 1 N–H and O–H groups in total. The number of halogens is 3. The fraction of sp³-hybridized carbons (Fsp3) is 0.263. The molecule has 0 radical (unpaired) electrons. The number of rotatable bonds is 3. The van der Waals surface area contributed by atoms with Gasteiger partial charge in [-0.2, -0.15) is 0 Å². The minimum Gasteiger partial charge on any atom is -0.338 e. The summed E-state index contributed by atoms with van der Waals surface area (Å²) in [6.45, 7) is 0.754. The van der Waals surface area contributed by atoms with E-state index in [0.29, 0.717) is 36.6 Å². The van der Waals surface area contributed by atoms with E-state index in [2.05, 4.69) is 5.32 Å². The van der Waals surface area contributed by atoms with E-state index >= 15 is 0 Å². The first kappa shape index (κ1) is 18.7. The number of nitrogens with one attached hydrogen (secondary N) is 1. The number of piperidine rings is 1. The molecule has 3 rings (SSSR count). The number of nitrogens with zero attached hydrogens (tertiary/aromatic N) is 1. The highest BCUT2D eigenvalue weighted by Gasteiger charge is 2.29. The molecule has 4 nitrogen and oxygen atoms in total. The van der Waals surface area contributed by atoms with Crippen LogP contribution in [-0.4, -0.2) is 29.8 Å².